The third kappa shape index (κ3) is 2.09. The van der Waals surface area contributed by atoms with E-state index in [2.05, 4.69) is 21.5 Å². The first-order valence-electron chi connectivity index (χ1n) is 6.54. The summed E-state index contributed by atoms with van der Waals surface area (Å²) in [5.41, 5.74) is 6.00. The molecule has 0 saturated heterocycles. The van der Waals surface area contributed by atoms with Crippen LogP contribution in [0, 0.1) is 5.92 Å². The van der Waals surface area contributed by atoms with Crippen molar-refractivity contribution in [2.24, 2.45) is 11.8 Å². The van der Waals surface area contributed by atoms with Gasteiger partial charge in [0.25, 0.3) is 0 Å². The van der Waals surface area contributed by atoms with Gasteiger partial charge in [0.1, 0.15) is 0 Å². The number of fused-ring (bicyclic) bond motifs is 1. The summed E-state index contributed by atoms with van der Waals surface area (Å²) >= 11 is 0. The minimum Gasteiger partial charge on any atom is -0.271 e. The van der Waals surface area contributed by atoms with E-state index >= 15 is 0 Å². The zero-order chi connectivity index (χ0) is 12.4. The van der Waals surface area contributed by atoms with Crippen LogP contribution < -0.4 is 11.3 Å². The Morgan fingerprint density at radius 1 is 1.28 bits per heavy atom. The molecule has 1 aromatic carbocycles. The van der Waals surface area contributed by atoms with E-state index in [1.165, 1.54) is 19.3 Å². The van der Waals surface area contributed by atoms with E-state index in [0.717, 1.165) is 28.9 Å². The quantitative estimate of drug-likeness (QED) is 0.638. The molecule has 1 aliphatic carbocycles. The second-order valence-corrected chi connectivity index (χ2v) is 5.02. The number of nitrogens with two attached hydrogens (primary N) is 1. The maximum atomic E-state index is 5.72. The summed E-state index contributed by atoms with van der Waals surface area (Å²) < 4.78 is 0. The molecule has 1 unspecified atom stereocenters. The van der Waals surface area contributed by atoms with Crippen molar-refractivity contribution < 1.29 is 0 Å². The number of nitrogens with zero attached hydrogens (tertiary/aromatic N) is 2. The third-order valence-corrected chi connectivity index (χ3v) is 3.90. The second kappa shape index (κ2) is 5.00. The summed E-state index contributed by atoms with van der Waals surface area (Å²) in [6.07, 6.45) is 8.57. The van der Waals surface area contributed by atoms with Crippen LogP contribution in [0.1, 0.15) is 37.3 Å². The Labute approximate surface area is 107 Å². The Morgan fingerprint density at radius 2 is 2.11 bits per heavy atom. The highest BCUT2D eigenvalue weighted by Gasteiger charge is 2.23. The van der Waals surface area contributed by atoms with Gasteiger partial charge < -0.3 is 0 Å². The average molecular weight is 242 g/mol. The molecule has 4 heteroatoms. The van der Waals surface area contributed by atoms with Crippen molar-refractivity contribution in [3.05, 3.63) is 36.2 Å². The fourth-order valence-electron chi connectivity index (χ4n) is 2.64. The first-order chi connectivity index (χ1) is 8.88. The van der Waals surface area contributed by atoms with Crippen molar-refractivity contribution in [1.29, 1.82) is 0 Å². The molecule has 1 heterocycles. The minimum atomic E-state index is 0.177. The van der Waals surface area contributed by atoms with Crippen LogP contribution in [0.4, 0.5) is 0 Å². The Kier molecular flexibility index (Phi) is 3.21. The number of para-hydroxylation sites is 1. The zero-order valence-electron chi connectivity index (χ0n) is 10.3. The molecule has 94 valence electrons. The van der Waals surface area contributed by atoms with Gasteiger partial charge in [-0.15, -0.1) is 0 Å². The highest BCUT2D eigenvalue weighted by atomic mass is 15.2. The maximum Gasteiger partial charge on any atom is 0.0935 e. The van der Waals surface area contributed by atoms with Gasteiger partial charge in [-0.3, -0.25) is 21.2 Å². The fraction of sp³-hybridized carbons (Fsp3) is 0.429. The number of nitrogens with one attached hydrogen (secondary N) is 1. The molecular weight excluding hydrogens is 224 g/mol. The van der Waals surface area contributed by atoms with Crippen LogP contribution in [-0.2, 0) is 0 Å². The van der Waals surface area contributed by atoms with E-state index in [4.69, 9.17) is 5.84 Å². The Morgan fingerprint density at radius 3 is 2.83 bits per heavy atom. The molecule has 1 fully saturated rings. The lowest BCUT2D eigenvalue weighted by Crippen LogP contribution is -2.31. The Balaban J connectivity index is 1.95. The van der Waals surface area contributed by atoms with E-state index in [-0.39, 0.29) is 6.04 Å². The zero-order valence-corrected chi connectivity index (χ0v) is 10.3. The molecule has 2 aromatic rings. The molecule has 0 bridgehead atoms. The summed E-state index contributed by atoms with van der Waals surface area (Å²) in [6.45, 7) is 0. The van der Waals surface area contributed by atoms with Crippen molar-refractivity contribution in [3.63, 3.8) is 0 Å². The van der Waals surface area contributed by atoms with Gasteiger partial charge in [0.05, 0.1) is 11.0 Å². The Bertz CT molecular complexity index is 531. The minimum absolute atomic E-state index is 0.177. The van der Waals surface area contributed by atoms with E-state index < -0.39 is 0 Å². The molecule has 3 N–H and O–H groups in total. The predicted molar refractivity (Wildman–Crippen MR) is 71.6 cm³/mol. The largest absolute Gasteiger partial charge is 0.271 e. The van der Waals surface area contributed by atoms with Crippen LogP contribution in [0.2, 0.25) is 0 Å². The van der Waals surface area contributed by atoms with E-state index in [1.54, 1.807) is 12.4 Å². The highest BCUT2D eigenvalue weighted by Crippen LogP contribution is 2.35. The summed E-state index contributed by atoms with van der Waals surface area (Å²) in [5, 5.41) is 0. The number of rotatable bonds is 4. The summed E-state index contributed by atoms with van der Waals surface area (Å²) in [6, 6.07) is 6.29. The number of hydrazine groups is 1. The van der Waals surface area contributed by atoms with E-state index in [1.807, 2.05) is 12.1 Å². The standard InChI is InChI=1S/C14H18N4/c15-18-13(9-10-3-1-4-10)11-5-2-6-12-14(11)17-8-7-16-12/h2,5-8,10,13,18H,1,3-4,9,15H2. The molecule has 0 spiro atoms. The number of hydrogen-bond acceptors (Lipinski definition) is 4. The van der Waals surface area contributed by atoms with Gasteiger partial charge in [0.2, 0.25) is 0 Å². The van der Waals surface area contributed by atoms with Gasteiger partial charge in [-0.2, -0.15) is 0 Å². The van der Waals surface area contributed by atoms with Crippen molar-refractivity contribution in [2.45, 2.75) is 31.7 Å². The maximum absolute atomic E-state index is 5.72. The second-order valence-electron chi connectivity index (χ2n) is 5.02. The number of hydrogen-bond donors (Lipinski definition) is 2. The normalized spacial score (nSPS) is 17.6. The van der Waals surface area contributed by atoms with Gasteiger partial charge in [-0.1, -0.05) is 31.4 Å². The summed E-state index contributed by atoms with van der Waals surface area (Å²) in [7, 11) is 0. The lowest BCUT2D eigenvalue weighted by atomic mass is 9.79. The highest BCUT2D eigenvalue weighted by molar-refractivity contribution is 5.78. The average Bonchev–Trinajstić information content (AvgIpc) is 2.38. The molecule has 0 aliphatic heterocycles. The lowest BCUT2D eigenvalue weighted by Gasteiger charge is -2.29. The van der Waals surface area contributed by atoms with E-state index in [0.29, 0.717) is 0 Å². The van der Waals surface area contributed by atoms with Crippen LogP contribution in [0.5, 0.6) is 0 Å². The van der Waals surface area contributed by atoms with Gasteiger partial charge in [0, 0.05) is 18.4 Å². The van der Waals surface area contributed by atoms with Gasteiger partial charge >= 0.3 is 0 Å². The molecule has 1 aromatic heterocycles. The number of aromatic nitrogens is 2. The molecule has 1 saturated carbocycles. The van der Waals surface area contributed by atoms with Crippen molar-refractivity contribution >= 4 is 11.0 Å². The van der Waals surface area contributed by atoms with Crippen molar-refractivity contribution in [2.75, 3.05) is 0 Å². The van der Waals surface area contributed by atoms with Crippen molar-refractivity contribution in [3.8, 4) is 0 Å². The topological polar surface area (TPSA) is 63.8 Å². The Hall–Kier alpha value is -1.52. The van der Waals surface area contributed by atoms with Crippen LogP contribution in [0.3, 0.4) is 0 Å². The fourth-order valence-corrected chi connectivity index (χ4v) is 2.64. The predicted octanol–water partition coefficient (Wildman–Crippen LogP) is 2.32. The SMILES string of the molecule is NNC(CC1CCC1)c1cccc2nccnc12. The molecule has 4 nitrogen and oxygen atoms in total. The smallest absolute Gasteiger partial charge is 0.0935 e. The van der Waals surface area contributed by atoms with Crippen LogP contribution in [0.15, 0.2) is 30.6 Å². The molecule has 0 amide bonds. The van der Waals surface area contributed by atoms with Gasteiger partial charge in [-0.25, -0.2) is 0 Å². The van der Waals surface area contributed by atoms with Crippen LogP contribution in [-0.4, -0.2) is 9.97 Å². The third-order valence-electron chi connectivity index (χ3n) is 3.90. The van der Waals surface area contributed by atoms with Crippen LogP contribution in [0.25, 0.3) is 11.0 Å². The van der Waals surface area contributed by atoms with Crippen LogP contribution >= 0.6 is 0 Å². The van der Waals surface area contributed by atoms with E-state index in [9.17, 15) is 0 Å². The molecule has 1 aliphatic rings. The molecule has 3 rings (SSSR count). The monoisotopic (exact) mass is 242 g/mol. The first kappa shape index (κ1) is 11.6. The molecule has 18 heavy (non-hydrogen) atoms. The molecular formula is C14H18N4. The lowest BCUT2D eigenvalue weighted by molar-refractivity contribution is 0.262. The summed E-state index contributed by atoms with van der Waals surface area (Å²) in [4.78, 5) is 8.78. The molecule has 1 atom stereocenters. The molecule has 0 radical (unpaired) electrons. The number of benzene rings is 1. The summed E-state index contributed by atoms with van der Waals surface area (Å²) in [5.74, 6) is 6.53. The van der Waals surface area contributed by atoms with Crippen molar-refractivity contribution in [1.82, 2.24) is 15.4 Å². The van der Waals surface area contributed by atoms with Gasteiger partial charge in [0.15, 0.2) is 0 Å². The first-order valence-corrected chi connectivity index (χ1v) is 6.54. The van der Waals surface area contributed by atoms with Gasteiger partial charge in [-0.05, 0) is 24.0 Å².